The zero-order valence-electron chi connectivity index (χ0n) is 19.5. The van der Waals surface area contributed by atoms with Crippen molar-refractivity contribution in [3.8, 4) is 0 Å². The second-order valence-electron chi connectivity index (χ2n) is 10.9. The molecule has 2 rings (SSSR count). The van der Waals surface area contributed by atoms with Crippen LogP contribution in [0, 0.1) is 10.8 Å². The van der Waals surface area contributed by atoms with Crippen molar-refractivity contribution in [2.24, 2.45) is 10.8 Å². The molecule has 3 heteroatoms. The lowest BCUT2D eigenvalue weighted by Crippen LogP contribution is -2.47. The highest BCUT2D eigenvalue weighted by atomic mass is 17.2. The molecule has 0 bridgehead atoms. The van der Waals surface area contributed by atoms with E-state index in [1.807, 2.05) is 84.0 Å². The van der Waals surface area contributed by atoms with Crippen molar-refractivity contribution in [3.05, 3.63) is 65.8 Å². The highest BCUT2D eigenvalue weighted by molar-refractivity contribution is 6.19. The summed E-state index contributed by atoms with van der Waals surface area (Å²) in [7, 11) is 0. The lowest BCUT2D eigenvalue weighted by Gasteiger charge is -2.44. The molecule has 1 aliphatic carbocycles. The maximum atomic E-state index is 13.5. The van der Waals surface area contributed by atoms with Gasteiger partial charge in [0.05, 0.1) is 5.60 Å². The van der Waals surface area contributed by atoms with E-state index in [0.717, 1.165) is 5.56 Å². The Bertz CT molecular complexity index is 837. The van der Waals surface area contributed by atoms with Crippen molar-refractivity contribution in [2.75, 3.05) is 0 Å². The first kappa shape index (κ1) is 23.3. The van der Waals surface area contributed by atoms with Gasteiger partial charge in [-0.3, -0.25) is 4.79 Å². The number of hydrogen-bond donors (Lipinski definition) is 0. The van der Waals surface area contributed by atoms with E-state index in [0.29, 0.717) is 16.7 Å². The van der Waals surface area contributed by atoms with Crippen molar-refractivity contribution in [2.45, 2.75) is 73.5 Å². The summed E-state index contributed by atoms with van der Waals surface area (Å²) >= 11 is 0. The number of hydrogen-bond acceptors (Lipinski definition) is 3. The molecule has 0 spiro atoms. The number of ketones is 1. The summed E-state index contributed by atoms with van der Waals surface area (Å²) in [5, 5.41) is 0. The Morgan fingerprint density at radius 3 is 1.90 bits per heavy atom. The van der Waals surface area contributed by atoms with Gasteiger partial charge in [-0.2, -0.15) is 0 Å². The average molecular weight is 397 g/mol. The van der Waals surface area contributed by atoms with Crippen LogP contribution in [0.1, 0.15) is 67.9 Å². The van der Waals surface area contributed by atoms with Gasteiger partial charge in [0.15, 0.2) is 5.78 Å². The summed E-state index contributed by atoms with van der Waals surface area (Å²) in [5.41, 5.74) is 0.770. The van der Waals surface area contributed by atoms with Gasteiger partial charge < -0.3 is 0 Å². The fourth-order valence-electron chi connectivity index (χ4n) is 3.12. The highest BCUT2D eigenvalue weighted by Gasteiger charge is 2.48. The molecule has 0 N–H and O–H groups in total. The van der Waals surface area contributed by atoms with Crippen molar-refractivity contribution in [3.63, 3.8) is 0 Å². The van der Waals surface area contributed by atoms with E-state index >= 15 is 0 Å². The molecule has 158 valence electrons. The molecule has 0 saturated carbocycles. The summed E-state index contributed by atoms with van der Waals surface area (Å²) in [6.07, 6.45) is 3.84. The molecule has 0 radical (unpaired) electrons. The van der Waals surface area contributed by atoms with Crippen LogP contribution in [-0.2, 0) is 14.6 Å². The molecule has 0 saturated heterocycles. The lowest BCUT2D eigenvalue weighted by molar-refractivity contribution is -0.398. The predicted molar refractivity (Wildman–Crippen MR) is 120 cm³/mol. The van der Waals surface area contributed by atoms with E-state index in [9.17, 15) is 4.79 Å². The van der Waals surface area contributed by atoms with Crippen molar-refractivity contribution >= 4 is 11.4 Å². The summed E-state index contributed by atoms with van der Waals surface area (Å²) in [4.78, 5) is 25.5. The summed E-state index contributed by atoms with van der Waals surface area (Å²) in [6.45, 7) is 22.5. The van der Waals surface area contributed by atoms with E-state index in [4.69, 9.17) is 9.78 Å². The average Bonchev–Trinajstić information content (AvgIpc) is 2.58. The first-order valence-corrected chi connectivity index (χ1v) is 10.2. The zero-order valence-corrected chi connectivity index (χ0v) is 19.5. The SMILES string of the molecule is C=C(C1=CC(OOC(C)(C)C)(C(C)(C)C)C=C(C(C)(C)C)C1=O)c1ccccc1. The molecular weight excluding hydrogens is 360 g/mol. The van der Waals surface area contributed by atoms with Gasteiger partial charge in [0.25, 0.3) is 0 Å². The molecule has 0 amide bonds. The van der Waals surface area contributed by atoms with Crippen LogP contribution in [0.5, 0.6) is 0 Å². The monoisotopic (exact) mass is 396 g/mol. The zero-order chi connectivity index (χ0) is 22.3. The van der Waals surface area contributed by atoms with Gasteiger partial charge in [-0.1, -0.05) is 78.5 Å². The van der Waals surface area contributed by atoms with Gasteiger partial charge in [0, 0.05) is 16.6 Å². The Morgan fingerprint density at radius 1 is 0.897 bits per heavy atom. The van der Waals surface area contributed by atoms with Crippen LogP contribution in [0.15, 0.2) is 60.2 Å². The van der Waals surface area contributed by atoms with Crippen molar-refractivity contribution < 1.29 is 14.6 Å². The molecule has 0 heterocycles. The fraction of sp³-hybridized carbons (Fsp3) is 0.500. The van der Waals surface area contributed by atoms with Crippen LogP contribution >= 0.6 is 0 Å². The normalized spacial score (nSPS) is 20.9. The van der Waals surface area contributed by atoms with Crippen LogP contribution < -0.4 is 0 Å². The predicted octanol–water partition coefficient (Wildman–Crippen LogP) is 6.71. The Morgan fingerprint density at radius 2 is 1.45 bits per heavy atom. The third-order valence-corrected chi connectivity index (χ3v) is 5.06. The van der Waals surface area contributed by atoms with E-state index in [1.165, 1.54) is 0 Å². The van der Waals surface area contributed by atoms with Crippen molar-refractivity contribution in [1.29, 1.82) is 0 Å². The van der Waals surface area contributed by atoms with E-state index in [1.54, 1.807) is 0 Å². The molecule has 1 unspecified atom stereocenters. The smallest absolute Gasteiger partial charge is 0.189 e. The summed E-state index contributed by atoms with van der Waals surface area (Å²) < 4.78 is 0. The van der Waals surface area contributed by atoms with Crippen LogP contribution in [0.4, 0.5) is 0 Å². The summed E-state index contributed by atoms with van der Waals surface area (Å²) in [6, 6.07) is 9.79. The second kappa shape index (κ2) is 7.70. The highest BCUT2D eigenvalue weighted by Crippen LogP contribution is 2.46. The fourth-order valence-corrected chi connectivity index (χ4v) is 3.12. The van der Waals surface area contributed by atoms with Crippen LogP contribution in [0.25, 0.3) is 5.57 Å². The second-order valence-corrected chi connectivity index (χ2v) is 10.9. The number of benzene rings is 1. The summed E-state index contributed by atoms with van der Waals surface area (Å²) in [5.74, 6) is -0.00872. The van der Waals surface area contributed by atoms with E-state index in [-0.39, 0.29) is 16.6 Å². The van der Waals surface area contributed by atoms with Crippen LogP contribution in [-0.4, -0.2) is 17.0 Å². The molecule has 1 aromatic carbocycles. The minimum Gasteiger partial charge on any atom is -0.289 e. The molecule has 0 aliphatic heterocycles. The van der Waals surface area contributed by atoms with Gasteiger partial charge in [0.2, 0.25) is 0 Å². The lowest BCUT2D eigenvalue weighted by atomic mass is 9.66. The first-order valence-electron chi connectivity index (χ1n) is 10.2. The maximum Gasteiger partial charge on any atom is 0.189 e. The number of Topliss-reactive ketones (excluding diaryl/α,β-unsaturated/α-hetero) is 1. The minimum absolute atomic E-state index is 0.00872. The van der Waals surface area contributed by atoms with Gasteiger partial charge >= 0.3 is 0 Å². The third kappa shape index (κ3) is 5.15. The van der Waals surface area contributed by atoms with Gasteiger partial charge in [-0.05, 0) is 49.5 Å². The Balaban J connectivity index is 2.70. The molecule has 29 heavy (non-hydrogen) atoms. The van der Waals surface area contributed by atoms with Gasteiger partial charge in [0.1, 0.15) is 5.60 Å². The molecule has 1 aromatic rings. The number of carbonyl (C=O) groups is 1. The quantitative estimate of drug-likeness (QED) is 0.419. The van der Waals surface area contributed by atoms with Gasteiger partial charge in [-0.25, -0.2) is 9.78 Å². The number of allylic oxidation sites excluding steroid dienone is 3. The maximum absolute atomic E-state index is 13.5. The number of rotatable bonds is 4. The molecular formula is C26H36O3. The minimum atomic E-state index is -0.913. The number of carbonyl (C=O) groups excluding carboxylic acids is 1. The molecule has 0 aromatic heterocycles. The van der Waals surface area contributed by atoms with Crippen molar-refractivity contribution in [1.82, 2.24) is 0 Å². The largest absolute Gasteiger partial charge is 0.289 e. The standard InChI is InChI=1S/C26H36O3/c1-18(19-14-12-11-13-15-19)20-16-26(24(5,6)7,29-28-25(8,9)10)17-21(22(20)27)23(2,3)4/h11-17H,1H2,2-10H3. The Labute approximate surface area is 176 Å². The molecule has 1 aliphatic rings. The Hall–Kier alpha value is -1.97. The topological polar surface area (TPSA) is 35.5 Å². The van der Waals surface area contributed by atoms with E-state index in [2.05, 4.69) is 27.4 Å². The molecule has 3 nitrogen and oxygen atoms in total. The van der Waals surface area contributed by atoms with Crippen LogP contribution in [0.3, 0.4) is 0 Å². The Kier molecular flexibility index (Phi) is 6.19. The third-order valence-electron chi connectivity index (χ3n) is 5.06. The van der Waals surface area contributed by atoms with Gasteiger partial charge in [-0.15, -0.1) is 0 Å². The molecule has 0 fully saturated rings. The molecule has 1 atom stereocenters. The van der Waals surface area contributed by atoms with E-state index < -0.39 is 11.2 Å². The van der Waals surface area contributed by atoms with Crippen LogP contribution in [0.2, 0.25) is 0 Å². The first-order chi connectivity index (χ1) is 13.1.